The van der Waals surface area contributed by atoms with Crippen LogP contribution in [0.5, 0.6) is 0 Å². The Morgan fingerprint density at radius 2 is 1.22 bits per heavy atom. The molecule has 1 N–H and O–H groups in total. The third-order valence-corrected chi connectivity index (χ3v) is 9.79. The summed E-state index contributed by atoms with van der Waals surface area (Å²) < 4.78 is 61.9. The second kappa shape index (κ2) is 21.9. The highest BCUT2D eigenvalue weighted by Crippen LogP contribution is 2.54. The van der Waals surface area contributed by atoms with E-state index in [1.165, 1.54) is 6.08 Å². The number of hydrogen-bond donors (Lipinski definition) is 1. The predicted octanol–water partition coefficient (Wildman–Crippen LogP) is 9.11. The minimum atomic E-state index is -4.48. The fraction of sp³-hybridized carbons (Fsp3) is 0.325. The quantitative estimate of drug-likeness (QED) is 0.0525. The predicted molar refractivity (Wildman–Crippen MR) is 209 cm³/mol. The van der Waals surface area contributed by atoms with E-state index in [1.54, 1.807) is 0 Å². The summed E-state index contributed by atoms with van der Waals surface area (Å²) in [4.78, 5) is 13.3. The first-order valence-corrected chi connectivity index (χ1v) is 20.0. The van der Waals surface area contributed by atoms with Crippen LogP contribution in [-0.2, 0) is 68.2 Å². The number of hydrogen-bond acceptors (Lipinski definition) is 10. The summed E-state index contributed by atoms with van der Waals surface area (Å²) in [5, 5.41) is 2.73. The highest BCUT2D eigenvalue weighted by molar-refractivity contribution is 7.48. The van der Waals surface area contributed by atoms with Gasteiger partial charge in [-0.3, -0.25) is 13.6 Å². The van der Waals surface area contributed by atoms with Gasteiger partial charge in [0.05, 0.1) is 39.6 Å². The molecule has 1 heterocycles. The van der Waals surface area contributed by atoms with Crippen LogP contribution in [0.4, 0.5) is 4.79 Å². The van der Waals surface area contributed by atoms with Crippen LogP contribution >= 0.6 is 42.6 Å². The van der Waals surface area contributed by atoms with Gasteiger partial charge in [0.2, 0.25) is 3.79 Å². The number of benzene rings is 4. The number of phosphoric acid groups is 1. The maximum atomic E-state index is 14.9. The lowest BCUT2D eigenvalue weighted by atomic mass is 9.96. The van der Waals surface area contributed by atoms with E-state index < -0.39 is 55.0 Å². The van der Waals surface area contributed by atoms with E-state index in [0.29, 0.717) is 0 Å². The van der Waals surface area contributed by atoms with Gasteiger partial charge in [0.25, 0.3) is 0 Å². The van der Waals surface area contributed by atoms with Gasteiger partial charge in [0.1, 0.15) is 31.0 Å². The van der Waals surface area contributed by atoms with Crippen molar-refractivity contribution in [2.75, 3.05) is 19.8 Å². The molecule has 1 saturated heterocycles. The third kappa shape index (κ3) is 14.6. The molecule has 1 fully saturated rings. The van der Waals surface area contributed by atoms with E-state index in [9.17, 15) is 9.36 Å². The number of rotatable bonds is 20. The monoisotopic (exact) mass is 833 g/mol. The summed E-state index contributed by atoms with van der Waals surface area (Å²) in [5.74, 6) is 0. The van der Waals surface area contributed by atoms with Gasteiger partial charge in [-0.1, -0.05) is 162 Å². The first kappa shape index (κ1) is 42.8. The van der Waals surface area contributed by atoms with Crippen LogP contribution in [0.3, 0.4) is 0 Å². The molecule has 0 bridgehead atoms. The lowest BCUT2D eigenvalue weighted by Crippen LogP contribution is -2.66. The van der Waals surface area contributed by atoms with Crippen molar-refractivity contribution in [3.05, 3.63) is 156 Å². The summed E-state index contributed by atoms with van der Waals surface area (Å²) in [6.45, 7) is 3.18. The van der Waals surface area contributed by atoms with E-state index >= 15 is 0 Å². The molecule has 0 saturated carbocycles. The van der Waals surface area contributed by atoms with Crippen molar-refractivity contribution in [3.63, 3.8) is 0 Å². The van der Waals surface area contributed by atoms with E-state index in [4.69, 9.17) is 72.1 Å². The SMILES string of the molecule is C=CCO[C@H]1O[C@H](COCc2ccccc2)[C@@H](OP(=O)(OCc2ccccc2)OCc2ccccc2)[C@H](OCc2ccccc2)[C@@H]1NC(=O)OCC(Cl)(Cl)Cl. The molecule has 5 atom stereocenters. The zero-order valence-electron chi connectivity index (χ0n) is 29.8. The maximum Gasteiger partial charge on any atom is 0.475 e. The highest BCUT2D eigenvalue weighted by atomic mass is 35.6. The normalized spacial score (nSPS) is 20.1. The summed E-state index contributed by atoms with van der Waals surface area (Å²) in [5.41, 5.74) is 3.16. The maximum absolute atomic E-state index is 14.9. The van der Waals surface area contributed by atoms with Crippen molar-refractivity contribution < 1.29 is 46.6 Å². The molecular weight excluding hydrogens is 792 g/mol. The van der Waals surface area contributed by atoms with Gasteiger partial charge in [-0.15, -0.1) is 6.58 Å². The average molecular weight is 835 g/mol. The number of alkyl halides is 3. The number of carbonyl (C=O) groups is 1. The molecule has 1 aliphatic heterocycles. The molecule has 0 aromatic heterocycles. The number of carbonyl (C=O) groups excluding carboxylic acids is 1. The molecule has 5 rings (SSSR count). The first-order valence-electron chi connectivity index (χ1n) is 17.4. The van der Waals surface area contributed by atoms with Crippen molar-refractivity contribution in [2.45, 2.75) is 60.9 Å². The lowest BCUT2D eigenvalue weighted by Gasteiger charge is -2.46. The number of halogens is 3. The Bertz CT molecular complexity index is 1730. The molecule has 11 nitrogen and oxygen atoms in total. The van der Waals surface area contributed by atoms with Gasteiger partial charge < -0.3 is 29.0 Å². The minimum Gasteiger partial charge on any atom is -0.445 e. The second-order valence-electron chi connectivity index (χ2n) is 12.3. The summed E-state index contributed by atoms with van der Waals surface area (Å²) in [7, 11) is -4.48. The Morgan fingerprint density at radius 3 is 1.71 bits per heavy atom. The Morgan fingerprint density at radius 1 is 0.727 bits per heavy atom. The van der Waals surface area contributed by atoms with Gasteiger partial charge >= 0.3 is 13.9 Å². The Labute approximate surface area is 336 Å². The molecule has 0 spiro atoms. The number of amides is 1. The first-order chi connectivity index (χ1) is 26.6. The van der Waals surface area contributed by atoms with Crippen LogP contribution in [0.15, 0.2) is 134 Å². The fourth-order valence-electron chi connectivity index (χ4n) is 5.48. The van der Waals surface area contributed by atoms with Crippen LogP contribution in [0.2, 0.25) is 0 Å². The summed E-state index contributed by atoms with van der Waals surface area (Å²) >= 11 is 17.6. The zero-order chi connectivity index (χ0) is 38.9. The van der Waals surface area contributed by atoms with Gasteiger partial charge in [0.15, 0.2) is 6.29 Å². The van der Waals surface area contributed by atoms with Crippen molar-refractivity contribution in [3.8, 4) is 0 Å². The van der Waals surface area contributed by atoms with Crippen molar-refractivity contribution in [1.82, 2.24) is 5.32 Å². The molecule has 4 aromatic rings. The van der Waals surface area contributed by atoms with Gasteiger partial charge in [-0.2, -0.15) is 0 Å². The molecule has 294 valence electrons. The minimum absolute atomic E-state index is 0.0272. The average Bonchev–Trinajstić information content (AvgIpc) is 3.20. The Kier molecular flexibility index (Phi) is 17.0. The van der Waals surface area contributed by atoms with Crippen molar-refractivity contribution in [1.29, 1.82) is 0 Å². The molecule has 15 heteroatoms. The number of alkyl carbamates (subject to hydrolysis) is 1. The largest absolute Gasteiger partial charge is 0.475 e. The van der Waals surface area contributed by atoms with Crippen LogP contribution < -0.4 is 5.32 Å². The van der Waals surface area contributed by atoms with Gasteiger partial charge in [-0.25, -0.2) is 9.36 Å². The fourth-order valence-corrected chi connectivity index (χ4v) is 7.01. The number of phosphoric ester groups is 1. The van der Waals surface area contributed by atoms with Crippen LogP contribution in [0.25, 0.3) is 0 Å². The second-order valence-corrected chi connectivity index (χ2v) is 16.5. The molecule has 1 amide bonds. The topological polar surface area (TPSA) is 120 Å². The molecule has 0 radical (unpaired) electrons. The molecule has 1 aliphatic rings. The smallest absolute Gasteiger partial charge is 0.445 e. The van der Waals surface area contributed by atoms with Gasteiger partial charge in [0, 0.05) is 0 Å². The van der Waals surface area contributed by atoms with Crippen molar-refractivity contribution >= 4 is 48.7 Å². The van der Waals surface area contributed by atoms with Crippen LogP contribution in [-0.4, -0.2) is 60.4 Å². The number of ether oxygens (including phenoxy) is 5. The molecule has 0 unspecified atom stereocenters. The lowest BCUT2D eigenvalue weighted by molar-refractivity contribution is -0.275. The van der Waals surface area contributed by atoms with E-state index in [2.05, 4.69) is 11.9 Å². The Balaban J connectivity index is 1.52. The molecule has 55 heavy (non-hydrogen) atoms. The molecular formula is C40H43Cl3NO10P. The Hall–Kier alpha value is -3.29. The summed E-state index contributed by atoms with van der Waals surface area (Å²) in [6.07, 6.45) is -4.06. The summed E-state index contributed by atoms with van der Waals surface area (Å²) in [6, 6.07) is 36.1. The van der Waals surface area contributed by atoms with E-state index in [1.807, 2.05) is 121 Å². The van der Waals surface area contributed by atoms with Crippen LogP contribution in [0.1, 0.15) is 22.3 Å². The molecule has 4 aromatic carbocycles. The molecule has 0 aliphatic carbocycles. The van der Waals surface area contributed by atoms with Crippen molar-refractivity contribution in [2.24, 2.45) is 0 Å². The highest BCUT2D eigenvalue weighted by Gasteiger charge is 2.52. The number of nitrogens with one attached hydrogen (secondary N) is 1. The van der Waals surface area contributed by atoms with Gasteiger partial charge in [-0.05, 0) is 22.3 Å². The standard InChI is InChI=1S/C40H43Cl3NO10P/c1-2-23-48-38-35(44-39(45)50-29-40(41,42)43)37(49-25-31-17-9-4-10-18-31)36(34(53-38)28-47-24-30-15-7-3-8-16-30)54-55(46,51-26-32-19-11-5-12-20-32)52-27-33-21-13-6-14-22-33/h2-22,34-38H,1,23-29H2,(H,44,45)/t34-,35+,36-,37-,38+/m1/s1. The zero-order valence-corrected chi connectivity index (χ0v) is 33.0. The van der Waals surface area contributed by atoms with E-state index in [-0.39, 0.29) is 39.6 Å². The third-order valence-electron chi connectivity index (χ3n) is 8.07. The van der Waals surface area contributed by atoms with Crippen LogP contribution in [0, 0.1) is 0 Å². The van der Waals surface area contributed by atoms with E-state index in [0.717, 1.165) is 22.3 Å².